The monoisotopic (exact) mass is 308 g/mol. The molecule has 0 bridgehead atoms. The van der Waals surface area contributed by atoms with Gasteiger partial charge in [0, 0.05) is 11.8 Å². The minimum Gasteiger partial charge on any atom is -0.505 e. The highest BCUT2D eigenvalue weighted by atomic mass is 16.3. The Morgan fingerprint density at radius 1 is 1.35 bits per heavy atom. The van der Waals surface area contributed by atoms with Gasteiger partial charge in [0.15, 0.2) is 5.69 Å². The van der Waals surface area contributed by atoms with Gasteiger partial charge in [-0.2, -0.15) is 5.26 Å². The molecule has 0 radical (unpaired) electrons. The van der Waals surface area contributed by atoms with Gasteiger partial charge in [0.2, 0.25) is 0 Å². The van der Waals surface area contributed by atoms with Gasteiger partial charge in [-0.05, 0) is 28.9 Å². The zero-order valence-corrected chi connectivity index (χ0v) is 12.0. The Hall–Kier alpha value is -3.53. The Morgan fingerprint density at radius 3 is 2.61 bits per heavy atom. The number of nitriles is 1. The smallest absolute Gasteiger partial charge is 0.274 e. The number of nitrogens with zero attached hydrogens (tertiary/aromatic N) is 3. The number of hydrogen-bond donors (Lipinski definition) is 2. The van der Waals surface area contributed by atoms with Crippen LogP contribution in [0.1, 0.15) is 16.1 Å². The molecule has 2 rings (SSSR count). The van der Waals surface area contributed by atoms with Gasteiger partial charge in [0.25, 0.3) is 5.91 Å². The number of benzene rings is 1. The SMILES string of the molecule is C=C(CNC(=O)c1ncc(-c2ccc(C#N)cc2)cc1O)N=O. The third-order valence-corrected chi connectivity index (χ3v) is 3.01. The van der Waals surface area contributed by atoms with E-state index in [-0.39, 0.29) is 23.7 Å². The lowest BCUT2D eigenvalue weighted by atomic mass is 10.1. The van der Waals surface area contributed by atoms with Gasteiger partial charge in [0.1, 0.15) is 5.75 Å². The fourth-order valence-corrected chi connectivity index (χ4v) is 1.82. The molecule has 0 aliphatic rings. The molecule has 0 spiro atoms. The molecule has 0 fully saturated rings. The number of carbonyl (C=O) groups is 1. The number of nitroso groups, excluding NO2 is 1. The molecule has 114 valence electrons. The maximum atomic E-state index is 11.9. The molecule has 23 heavy (non-hydrogen) atoms. The van der Waals surface area contributed by atoms with Crippen LogP contribution in [0.25, 0.3) is 11.1 Å². The molecule has 2 aromatic rings. The lowest BCUT2D eigenvalue weighted by Crippen LogP contribution is -2.26. The van der Waals surface area contributed by atoms with Crippen LogP contribution in [-0.4, -0.2) is 22.5 Å². The summed E-state index contributed by atoms with van der Waals surface area (Å²) in [5.41, 5.74) is 1.67. The van der Waals surface area contributed by atoms with E-state index in [2.05, 4.69) is 22.1 Å². The maximum absolute atomic E-state index is 11.9. The molecule has 1 aromatic carbocycles. The van der Waals surface area contributed by atoms with E-state index >= 15 is 0 Å². The van der Waals surface area contributed by atoms with Crippen molar-refractivity contribution >= 4 is 5.91 Å². The summed E-state index contributed by atoms with van der Waals surface area (Å²) in [6.07, 6.45) is 1.43. The van der Waals surface area contributed by atoms with Crippen molar-refractivity contribution < 1.29 is 9.90 Å². The first-order valence-electron chi connectivity index (χ1n) is 6.54. The van der Waals surface area contributed by atoms with Gasteiger partial charge in [-0.25, -0.2) is 4.98 Å². The molecule has 0 saturated carbocycles. The van der Waals surface area contributed by atoms with Crippen molar-refractivity contribution in [2.24, 2.45) is 5.18 Å². The van der Waals surface area contributed by atoms with Crippen LogP contribution >= 0.6 is 0 Å². The molecule has 1 amide bonds. The van der Waals surface area contributed by atoms with Crippen molar-refractivity contribution in [1.29, 1.82) is 5.26 Å². The van der Waals surface area contributed by atoms with Gasteiger partial charge in [-0.15, -0.1) is 4.91 Å². The molecule has 0 aliphatic heterocycles. The number of carbonyl (C=O) groups excluding carboxylic acids is 1. The molecule has 7 nitrogen and oxygen atoms in total. The van der Waals surface area contributed by atoms with Crippen LogP contribution in [0.5, 0.6) is 5.75 Å². The summed E-state index contributed by atoms with van der Waals surface area (Å²) >= 11 is 0. The lowest BCUT2D eigenvalue weighted by Gasteiger charge is -2.07. The van der Waals surface area contributed by atoms with Crippen LogP contribution in [-0.2, 0) is 0 Å². The summed E-state index contributed by atoms with van der Waals surface area (Å²) in [7, 11) is 0. The molecule has 0 unspecified atom stereocenters. The second-order valence-corrected chi connectivity index (χ2v) is 4.62. The Kier molecular flexibility index (Phi) is 4.79. The van der Waals surface area contributed by atoms with Crippen molar-refractivity contribution in [3.05, 3.63) is 65.0 Å². The quantitative estimate of drug-likeness (QED) is 0.822. The highest BCUT2D eigenvalue weighted by Gasteiger charge is 2.14. The third-order valence-electron chi connectivity index (χ3n) is 3.01. The summed E-state index contributed by atoms with van der Waals surface area (Å²) < 4.78 is 0. The van der Waals surface area contributed by atoms with E-state index in [1.807, 2.05) is 6.07 Å². The van der Waals surface area contributed by atoms with Crippen molar-refractivity contribution in [1.82, 2.24) is 10.3 Å². The number of amides is 1. The second kappa shape index (κ2) is 6.95. The zero-order chi connectivity index (χ0) is 16.8. The molecule has 1 heterocycles. The van der Waals surface area contributed by atoms with Crippen molar-refractivity contribution in [3.63, 3.8) is 0 Å². The van der Waals surface area contributed by atoms with Gasteiger partial charge in [0.05, 0.1) is 23.9 Å². The Morgan fingerprint density at radius 2 is 2.04 bits per heavy atom. The minimum atomic E-state index is -0.640. The van der Waals surface area contributed by atoms with Crippen LogP contribution in [0.3, 0.4) is 0 Å². The molecular formula is C16H12N4O3. The maximum Gasteiger partial charge on any atom is 0.274 e. The van der Waals surface area contributed by atoms with Gasteiger partial charge < -0.3 is 10.4 Å². The average Bonchev–Trinajstić information content (AvgIpc) is 2.59. The van der Waals surface area contributed by atoms with E-state index in [1.54, 1.807) is 24.3 Å². The molecule has 7 heteroatoms. The predicted octanol–water partition coefficient (Wildman–Crippen LogP) is 2.34. The van der Waals surface area contributed by atoms with E-state index in [0.717, 1.165) is 5.56 Å². The van der Waals surface area contributed by atoms with Crippen LogP contribution in [0, 0.1) is 16.2 Å². The highest BCUT2D eigenvalue weighted by molar-refractivity contribution is 5.95. The Labute approximate surface area is 131 Å². The summed E-state index contributed by atoms with van der Waals surface area (Å²) in [4.78, 5) is 26.0. The molecule has 0 atom stereocenters. The van der Waals surface area contributed by atoms with Crippen LogP contribution < -0.4 is 5.32 Å². The second-order valence-electron chi connectivity index (χ2n) is 4.62. The number of nitrogens with one attached hydrogen (secondary N) is 1. The number of aromatic nitrogens is 1. The first-order chi connectivity index (χ1) is 11.0. The molecular weight excluding hydrogens is 296 g/mol. The van der Waals surface area contributed by atoms with E-state index < -0.39 is 5.91 Å². The number of rotatable bonds is 5. The van der Waals surface area contributed by atoms with E-state index in [0.29, 0.717) is 11.1 Å². The normalized spacial score (nSPS) is 9.70. The van der Waals surface area contributed by atoms with Gasteiger partial charge in [-0.1, -0.05) is 18.7 Å². The standard InChI is InChI=1S/C16H12N4O3/c1-10(20-23)8-19-16(22)15-14(21)6-13(9-18-15)12-4-2-11(7-17)3-5-12/h2-6,9,21H,1,8H2,(H,19,22). The number of hydrogen-bond acceptors (Lipinski definition) is 6. The van der Waals surface area contributed by atoms with Gasteiger partial charge >= 0.3 is 0 Å². The van der Waals surface area contributed by atoms with Crippen molar-refractivity contribution in [3.8, 4) is 22.9 Å². The van der Waals surface area contributed by atoms with Crippen molar-refractivity contribution in [2.45, 2.75) is 0 Å². The Bertz CT molecular complexity index is 807. The van der Waals surface area contributed by atoms with Crippen LogP contribution in [0.2, 0.25) is 0 Å². The van der Waals surface area contributed by atoms with E-state index in [1.165, 1.54) is 12.3 Å². The summed E-state index contributed by atoms with van der Waals surface area (Å²) in [5, 5.41) is 23.7. The zero-order valence-electron chi connectivity index (χ0n) is 12.0. The first kappa shape index (κ1) is 15.9. The summed E-state index contributed by atoms with van der Waals surface area (Å²) in [6, 6.07) is 10.1. The Balaban J connectivity index is 2.20. The summed E-state index contributed by atoms with van der Waals surface area (Å²) in [6.45, 7) is 3.21. The van der Waals surface area contributed by atoms with Gasteiger partial charge in [-0.3, -0.25) is 4.79 Å². The molecule has 2 N–H and O–H groups in total. The fraction of sp³-hybridized carbons (Fsp3) is 0.0625. The summed E-state index contributed by atoms with van der Waals surface area (Å²) in [5.74, 6) is -0.937. The highest BCUT2D eigenvalue weighted by Crippen LogP contribution is 2.25. The molecule has 0 saturated heterocycles. The van der Waals surface area contributed by atoms with E-state index in [4.69, 9.17) is 5.26 Å². The third kappa shape index (κ3) is 3.77. The first-order valence-corrected chi connectivity index (χ1v) is 6.54. The topological polar surface area (TPSA) is 115 Å². The number of pyridine rings is 1. The van der Waals surface area contributed by atoms with Crippen molar-refractivity contribution in [2.75, 3.05) is 6.54 Å². The van der Waals surface area contributed by atoms with Crippen LogP contribution in [0.15, 0.2) is 54.0 Å². The van der Waals surface area contributed by atoms with E-state index in [9.17, 15) is 14.8 Å². The number of aromatic hydroxyl groups is 1. The lowest BCUT2D eigenvalue weighted by molar-refractivity contribution is 0.0949. The minimum absolute atomic E-state index is 0.0351. The average molecular weight is 308 g/mol. The molecule has 1 aromatic heterocycles. The van der Waals surface area contributed by atoms with Crippen LogP contribution in [0.4, 0.5) is 0 Å². The fourth-order valence-electron chi connectivity index (χ4n) is 1.82. The predicted molar refractivity (Wildman–Crippen MR) is 83.3 cm³/mol. The molecule has 0 aliphatic carbocycles. The largest absolute Gasteiger partial charge is 0.505 e.